The van der Waals surface area contributed by atoms with E-state index in [1.807, 2.05) is 0 Å². The molecule has 20 heavy (non-hydrogen) atoms. The van der Waals surface area contributed by atoms with Crippen molar-refractivity contribution in [3.63, 3.8) is 0 Å². The number of rotatable bonds is 10. The van der Waals surface area contributed by atoms with Gasteiger partial charge in [0.05, 0.1) is 19.3 Å². The Morgan fingerprint density at radius 2 is 2.00 bits per heavy atom. The average Bonchev–Trinajstić information content (AvgIpc) is 2.45. The zero-order valence-corrected chi connectivity index (χ0v) is 13.7. The lowest BCUT2D eigenvalue weighted by atomic mass is 9.84. The monoisotopic (exact) mass is 286 g/mol. The summed E-state index contributed by atoms with van der Waals surface area (Å²) in [6.07, 6.45) is 5.08. The van der Waals surface area contributed by atoms with E-state index in [-0.39, 0.29) is 6.61 Å². The van der Waals surface area contributed by atoms with Crippen LogP contribution in [0.3, 0.4) is 0 Å². The van der Waals surface area contributed by atoms with E-state index < -0.39 is 0 Å². The number of aliphatic hydroxyl groups is 1. The maximum atomic E-state index is 8.80. The minimum Gasteiger partial charge on any atom is -0.394 e. The van der Waals surface area contributed by atoms with E-state index in [1.54, 1.807) is 0 Å². The van der Waals surface area contributed by atoms with Gasteiger partial charge >= 0.3 is 0 Å². The van der Waals surface area contributed by atoms with Crippen molar-refractivity contribution in [2.24, 2.45) is 5.41 Å². The largest absolute Gasteiger partial charge is 0.394 e. The zero-order valence-electron chi connectivity index (χ0n) is 13.7. The average molecular weight is 286 g/mol. The molecule has 0 aromatic rings. The van der Waals surface area contributed by atoms with E-state index in [0.29, 0.717) is 18.1 Å². The molecule has 1 saturated heterocycles. The van der Waals surface area contributed by atoms with Gasteiger partial charge in [0.1, 0.15) is 0 Å². The van der Waals surface area contributed by atoms with Gasteiger partial charge in [-0.05, 0) is 31.2 Å². The highest BCUT2D eigenvalue weighted by Gasteiger charge is 2.28. The molecule has 0 aliphatic carbocycles. The summed E-state index contributed by atoms with van der Waals surface area (Å²) in [5, 5.41) is 12.3. The number of nitrogens with one attached hydrogen (secondary N) is 1. The van der Waals surface area contributed by atoms with Crippen molar-refractivity contribution < 1.29 is 9.84 Å². The van der Waals surface area contributed by atoms with Crippen LogP contribution in [0.25, 0.3) is 0 Å². The maximum Gasteiger partial charge on any atom is 0.0701 e. The van der Waals surface area contributed by atoms with Crippen LogP contribution in [0, 0.1) is 5.41 Å². The van der Waals surface area contributed by atoms with Gasteiger partial charge in [0.25, 0.3) is 0 Å². The Kier molecular flexibility index (Phi) is 8.69. The topological polar surface area (TPSA) is 44.7 Å². The molecule has 1 atom stereocenters. The highest BCUT2D eigenvalue weighted by molar-refractivity contribution is 4.83. The molecule has 1 rings (SSSR count). The molecular weight excluding hydrogens is 252 g/mol. The molecule has 0 amide bonds. The lowest BCUT2D eigenvalue weighted by Gasteiger charge is -2.39. The Morgan fingerprint density at radius 1 is 1.30 bits per heavy atom. The van der Waals surface area contributed by atoms with Crippen molar-refractivity contribution in [1.29, 1.82) is 0 Å². The van der Waals surface area contributed by atoms with Gasteiger partial charge in [0, 0.05) is 26.2 Å². The van der Waals surface area contributed by atoms with Crippen LogP contribution < -0.4 is 5.32 Å². The fraction of sp³-hybridized carbons (Fsp3) is 1.00. The van der Waals surface area contributed by atoms with Gasteiger partial charge in [-0.15, -0.1) is 0 Å². The number of piperidine rings is 1. The third-order valence-electron chi connectivity index (χ3n) is 4.24. The van der Waals surface area contributed by atoms with Gasteiger partial charge < -0.3 is 20.1 Å². The molecule has 1 unspecified atom stereocenters. The van der Waals surface area contributed by atoms with Gasteiger partial charge in [0.15, 0.2) is 0 Å². The highest BCUT2D eigenvalue weighted by atomic mass is 16.5. The van der Waals surface area contributed by atoms with Crippen LogP contribution in [0.2, 0.25) is 0 Å². The van der Waals surface area contributed by atoms with Crippen molar-refractivity contribution in [3.8, 4) is 0 Å². The molecule has 2 N–H and O–H groups in total. The standard InChI is InChI=1S/C16H34N2O2/c1-4-8-16(3,13-17-5-2)14-18-9-6-15(7-10-18)20-12-11-19/h15,17,19H,4-14H2,1-3H3. The third kappa shape index (κ3) is 6.53. The molecule has 4 nitrogen and oxygen atoms in total. The third-order valence-corrected chi connectivity index (χ3v) is 4.24. The second-order valence-electron chi connectivity index (χ2n) is 6.41. The Morgan fingerprint density at radius 3 is 2.55 bits per heavy atom. The molecule has 0 saturated carbocycles. The lowest BCUT2D eigenvalue weighted by Crippen LogP contribution is -2.46. The van der Waals surface area contributed by atoms with Gasteiger partial charge in [-0.2, -0.15) is 0 Å². The molecule has 1 aliphatic heterocycles. The van der Waals surface area contributed by atoms with Crippen LogP contribution in [-0.4, -0.2) is 62.0 Å². The normalized spacial score (nSPS) is 21.0. The number of likely N-dealkylation sites (tertiary alicyclic amines) is 1. The lowest BCUT2D eigenvalue weighted by molar-refractivity contribution is -0.0144. The highest BCUT2D eigenvalue weighted by Crippen LogP contribution is 2.26. The summed E-state index contributed by atoms with van der Waals surface area (Å²) in [6.45, 7) is 13.1. The molecule has 4 heteroatoms. The summed E-state index contributed by atoms with van der Waals surface area (Å²) in [5.41, 5.74) is 0.379. The molecule has 0 radical (unpaired) electrons. The Hall–Kier alpha value is -0.160. The van der Waals surface area contributed by atoms with Crippen molar-refractivity contribution in [3.05, 3.63) is 0 Å². The van der Waals surface area contributed by atoms with Gasteiger partial charge in [-0.1, -0.05) is 27.2 Å². The Balaban J connectivity index is 2.35. The van der Waals surface area contributed by atoms with E-state index in [1.165, 1.54) is 19.4 Å². The number of aliphatic hydroxyl groups excluding tert-OH is 1. The van der Waals surface area contributed by atoms with Crippen molar-refractivity contribution in [2.75, 3.05) is 45.9 Å². The number of ether oxygens (including phenoxy) is 1. The summed E-state index contributed by atoms with van der Waals surface area (Å²) >= 11 is 0. The van der Waals surface area contributed by atoms with E-state index >= 15 is 0 Å². The minimum absolute atomic E-state index is 0.136. The summed E-state index contributed by atoms with van der Waals surface area (Å²) in [6, 6.07) is 0. The molecular formula is C16H34N2O2. The summed E-state index contributed by atoms with van der Waals surface area (Å²) in [7, 11) is 0. The number of hydrogen-bond acceptors (Lipinski definition) is 4. The van der Waals surface area contributed by atoms with Crippen LogP contribution in [-0.2, 0) is 4.74 Å². The first-order valence-corrected chi connectivity index (χ1v) is 8.29. The second kappa shape index (κ2) is 9.72. The zero-order chi connectivity index (χ0) is 14.8. The number of nitrogens with zero attached hydrogens (tertiary/aromatic N) is 1. The Labute approximate surface area is 124 Å². The quantitative estimate of drug-likeness (QED) is 0.643. The maximum absolute atomic E-state index is 8.80. The van der Waals surface area contributed by atoms with Gasteiger partial charge in [-0.3, -0.25) is 0 Å². The van der Waals surface area contributed by atoms with Crippen LogP contribution >= 0.6 is 0 Å². The SMILES string of the molecule is CCCC(C)(CNCC)CN1CCC(OCCO)CC1. The van der Waals surface area contributed by atoms with Crippen LogP contribution in [0.5, 0.6) is 0 Å². The molecule has 1 fully saturated rings. The first-order chi connectivity index (χ1) is 9.63. The molecule has 0 bridgehead atoms. The predicted molar refractivity (Wildman–Crippen MR) is 84.1 cm³/mol. The molecule has 0 aromatic carbocycles. The van der Waals surface area contributed by atoms with Crippen LogP contribution in [0.15, 0.2) is 0 Å². The predicted octanol–water partition coefficient (Wildman–Crippen LogP) is 1.88. The fourth-order valence-electron chi connectivity index (χ4n) is 3.25. The van der Waals surface area contributed by atoms with Gasteiger partial charge in [-0.25, -0.2) is 0 Å². The summed E-state index contributed by atoms with van der Waals surface area (Å²) in [4.78, 5) is 2.59. The molecule has 120 valence electrons. The first-order valence-electron chi connectivity index (χ1n) is 8.29. The van der Waals surface area contributed by atoms with Gasteiger partial charge in [0.2, 0.25) is 0 Å². The van der Waals surface area contributed by atoms with Crippen LogP contribution in [0.4, 0.5) is 0 Å². The minimum atomic E-state index is 0.136. The van der Waals surface area contributed by atoms with Crippen molar-refractivity contribution in [2.45, 2.75) is 52.6 Å². The molecule has 1 aliphatic rings. The van der Waals surface area contributed by atoms with Crippen molar-refractivity contribution >= 4 is 0 Å². The van der Waals surface area contributed by atoms with Crippen LogP contribution in [0.1, 0.15) is 46.5 Å². The smallest absolute Gasteiger partial charge is 0.0701 e. The van der Waals surface area contributed by atoms with E-state index in [2.05, 4.69) is 31.0 Å². The molecule has 1 heterocycles. The summed E-state index contributed by atoms with van der Waals surface area (Å²) in [5.74, 6) is 0. The first kappa shape index (κ1) is 17.9. The van der Waals surface area contributed by atoms with E-state index in [4.69, 9.17) is 9.84 Å². The van der Waals surface area contributed by atoms with E-state index in [9.17, 15) is 0 Å². The second-order valence-corrected chi connectivity index (χ2v) is 6.41. The Bertz CT molecular complexity index is 243. The fourth-order valence-corrected chi connectivity index (χ4v) is 3.25. The molecule has 0 aromatic heterocycles. The molecule has 0 spiro atoms. The van der Waals surface area contributed by atoms with Crippen molar-refractivity contribution in [1.82, 2.24) is 10.2 Å². The summed E-state index contributed by atoms with van der Waals surface area (Å²) < 4.78 is 5.63. The number of hydrogen-bond donors (Lipinski definition) is 2. The van der Waals surface area contributed by atoms with E-state index in [0.717, 1.165) is 39.0 Å².